The molecule has 0 aliphatic carbocycles. The van der Waals surface area contributed by atoms with Crippen LogP contribution in [0.5, 0.6) is 0 Å². The average molecular weight is 221 g/mol. The molecule has 0 radical (unpaired) electrons. The normalized spacial score (nSPS) is 12.9. The maximum Gasteiger partial charge on any atom is 0.133 e. The summed E-state index contributed by atoms with van der Waals surface area (Å²) in [7, 11) is 1.88. The number of aliphatic hydroxyl groups is 1. The Bertz CT molecular complexity index is 422. The predicted octanol–water partition coefficient (Wildman–Crippen LogP) is 0.836. The number of rotatable bonds is 5. The summed E-state index contributed by atoms with van der Waals surface area (Å²) in [4.78, 5) is 0. The maximum absolute atomic E-state index is 9.72. The van der Waals surface area contributed by atoms with Gasteiger partial charge in [-0.1, -0.05) is 0 Å². The van der Waals surface area contributed by atoms with Crippen molar-refractivity contribution in [3.8, 4) is 0 Å². The van der Waals surface area contributed by atoms with E-state index >= 15 is 0 Å². The van der Waals surface area contributed by atoms with E-state index in [1.807, 2.05) is 13.2 Å². The molecule has 2 aromatic heterocycles. The van der Waals surface area contributed by atoms with Crippen LogP contribution in [-0.4, -0.2) is 21.4 Å². The van der Waals surface area contributed by atoms with Gasteiger partial charge in [0, 0.05) is 31.9 Å². The first-order valence-corrected chi connectivity index (χ1v) is 5.15. The molecule has 5 heteroatoms. The van der Waals surface area contributed by atoms with Gasteiger partial charge in [0.15, 0.2) is 0 Å². The van der Waals surface area contributed by atoms with Gasteiger partial charge in [0.1, 0.15) is 11.9 Å². The quantitative estimate of drug-likeness (QED) is 0.785. The third kappa shape index (κ3) is 2.71. The highest BCUT2D eigenvalue weighted by Gasteiger charge is 2.09. The average Bonchev–Trinajstić information content (AvgIpc) is 2.89. The second-order valence-electron chi connectivity index (χ2n) is 3.68. The van der Waals surface area contributed by atoms with E-state index in [0.29, 0.717) is 18.8 Å². The molecule has 0 saturated carbocycles. The lowest BCUT2D eigenvalue weighted by molar-refractivity contribution is 0.147. The van der Waals surface area contributed by atoms with Gasteiger partial charge in [0.25, 0.3) is 0 Å². The van der Waals surface area contributed by atoms with Gasteiger partial charge in [-0.3, -0.25) is 4.68 Å². The highest BCUT2D eigenvalue weighted by Crippen LogP contribution is 2.11. The van der Waals surface area contributed by atoms with E-state index in [2.05, 4.69) is 10.4 Å². The summed E-state index contributed by atoms with van der Waals surface area (Å²) in [6, 6.07) is 3.52. The number of nitrogens with one attached hydrogen (secondary N) is 1. The van der Waals surface area contributed by atoms with Crippen LogP contribution in [0.4, 0.5) is 0 Å². The van der Waals surface area contributed by atoms with Crippen LogP contribution in [0.15, 0.2) is 35.2 Å². The molecule has 0 aliphatic heterocycles. The van der Waals surface area contributed by atoms with Gasteiger partial charge in [-0.25, -0.2) is 0 Å². The first-order valence-electron chi connectivity index (χ1n) is 5.15. The van der Waals surface area contributed by atoms with Crippen LogP contribution in [0, 0.1) is 0 Å². The fourth-order valence-electron chi connectivity index (χ4n) is 1.50. The molecule has 0 amide bonds. The van der Waals surface area contributed by atoms with Gasteiger partial charge in [0.2, 0.25) is 0 Å². The van der Waals surface area contributed by atoms with Gasteiger partial charge in [-0.2, -0.15) is 5.10 Å². The summed E-state index contributed by atoms with van der Waals surface area (Å²) in [5.41, 5.74) is 1.09. The van der Waals surface area contributed by atoms with Crippen molar-refractivity contribution in [1.82, 2.24) is 15.1 Å². The van der Waals surface area contributed by atoms with Crippen molar-refractivity contribution in [3.63, 3.8) is 0 Å². The number of hydrogen-bond acceptors (Lipinski definition) is 4. The maximum atomic E-state index is 9.72. The van der Waals surface area contributed by atoms with Crippen molar-refractivity contribution < 1.29 is 9.52 Å². The zero-order valence-electron chi connectivity index (χ0n) is 9.13. The van der Waals surface area contributed by atoms with Crippen LogP contribution in [0.1, 0.15) is 17.4 Å². The Morgan fingerprint density at radius 2 is 2.50 bits per heavy atom. The van der Waals surface area contributed by atoms with E-state index in [9.17, 15) is 5.11 Å². The standard InChI is InChI=1S/C11H15N3O2/c1-14-8-9(6-13-14)5-12-7-10(15)11-3-2-4-16-11/h2-4,6,8,10,12,15H,5,7H2,1H3. The zero-order valence-corrected chi connectivity index (χ0v) is 9.13. The summed E-state index contributed by atoms with van der Waals surface area (Å²) in [5, 5.41) is 16.9. The number of aryl methyl sites for hydroxylation is 1. The minimum Gasteiger partial charge on any atom is -0.467 e. The summed E-state index contributed by atoms with van der Waals surface area (Å²) in [5.74, 6) is 0.582. The van der Waals surface area contributed by atoms with Crippen molar-refractivity contribution in [1.29, 1.82) is 0 Å². The molecule has 2 N–H and O–H groups in total. The highest BCUT2D eigenvalue weighted by atomic mass is 16.4. The lowest BCUT2D eigenvalue weighted by Crippen LogP contribution is -2.20. The molecule has 0 bridgehead atoms. The Morgan fingerprint density at radius 3 is 3.12 bits per heavy atom. The van der Waals surface area contributed by atoms with Crippen molar-refractivity contribution in [2.75, 3.05) is 6.54 Å². The van der Waals surface area contributed by atoms with E-state index in [4.69, 9.17) is 4.42 Å². The zero-order chi connectivity index (χ0) is 11.4. The molecule has 86 valence electrons. The lowest BCUT2D eigenvalue weighted by Gasteiger charge is -2.08. The molecule has 1 atom stereocenters. The Balaban J connectivity index is 1.76. The number of nitrogens with zero attached hydrogens (tertiary/aromatic N) is 2. The van der Waals surface area contributed by atoms with Crippen LogP contribution in [0.2, 0.25) is 0 Å². The van der Waals surface area contributed by atoms with E-state index < -0.39 is 6.10 Å². The third-order valence-corrected chi connectivity index (χ3v) is 2.30. The Labute approximate surface area is 93.7 Å². The second-order valence-corrected chi connectivity index (χ2v) is 3.68. The number of aliphatic hydroxyl groups excluding tert-OH is 1. The summed E-state index contributed by atoms with van der Waals surface area (Å²) < 4.78 is 6.85. The first-order chi connectivity index (χ1) is 7.75. The van der Waals surface area contributed by atoms with Crippen LogP contribution in [-0.2, 0) is 13.6 Å². The molecular formula is C11H15N3O2. The molecular weight excluding hydrogens is 206 g/mol. The Hall–Kier alpha value is -1.59. The minimum absolute atomic E-state index is 0.461. The van der Waals surface area contributed by atoms with Crippen molar-refractivity contribution >= 4 is 0 Å². The number of furan rings is 1. The molecule has 2 heterocycles. The molecule has 1 unspecified atom stereocenters. The van der Waals surface area contributed by atoms with Gasteiger partial charge in [-0.05, 0) is 12.1 Å². The molecule has 2 aromatic rings. The monoisotopic (exact) mass is 221 g/mol. The van der Waals surface area contributed by atoms with Crippen LogP contribution >= 0.6 is 0 Å². The summed E-state index contributed by atoms with van der Waals surface area (Å²) in [6.45, 7) is 1.15. The predicted molar refractivity (Wildman–Crippen MR) is 58.6 cm³/mol. The van der Waals surface area contributed by atoms with Gasteiger partial charge >= 0.3 is 0 Å². The third-order valence-electron chi connectivity index (χ3n) is 2.30. The molecule has 2 rings (SSSR count). The molecule has 0 saturated heterocycles. The van der Waals surface area contributed by atoms with Gasteiger partial charge < -0.3 is 14.8 Å². The fourth-order valence-corrected chi connectivity index (χ4v) is 1.50. The van der Waals surface area contributed by atoms with Crippen LogP contribution < -0.4 is 5.32 Å². The van der Waals surface area contributed by atoms with E-state index in [0.717, 1.165) is 5.56 Å². The van der Waals surface area contributed by atoms with Crippen molar-refractivity contribution in [2.24, 2.45) is 7.05 Å². The molecule has 16 heavy (non-hydrogen) atoms. The SMILES string of the molecule is Cn1cc(CNCC(O)c2ccco2)cn1. The van der Waals surface area contributed by atoms with Crippen LogP contribution in [0.3, 0.4) is 0 Å². The smallest absolute Gasteiger partial charge is 0.133 e. The molecule has 0 spiro atoms. The van der Waals surface area contributed by atoms with Crippen LogP contribution in [0.25, 0.3) is 0 Å². The Morgan fingerprint density at radius 1 is 1.62 bits per heavy atom. The molecule has 0 aromatic carbocycles. The summed E-state index contributed by atoms with van der Waals surface area (Å²) in [6.07, 6.45) is 4.68. The largest absolute Gasteiger partial charge is 0.467 e. The minimum atomic E-state index is -0.605. The van der Waals surface area contributed by atoms with Crippen molar-refractivity contribution in [3.05, 3.63) is 42.1 Å². The van der Waals surface area contributed by atoms with E-state index in [1.54, 1.807) is 29.3 Å². The second kappa shape index (κ2) is 4.96. The number of aromatic nitrogens is 2. The van der Waals surface area contributed by atoms with Gasteiger partial charge in [0.05, 0.1) is 12.5 Å². The lowest BCUT2D eigenvalue weighted by atomic mass is 10.2. The molecule has 0 aliphatic rings. The van der Waals surface area contributed by atoms with Crippen molar-refractivity contribution in [2.45, 2.75) is 12.6 Å². The van der Waals surface area contributed by atoms with E-state index in [1.165, 1.54) is 0 Å². The Kier molecular flexibility index (Phi) is 3.38. The number of hydrogen-bond donors (Lipinski definition) is 2. The molecule has 0 fully saturated rings. The topological polar surface area (TPSA) is 63.2 Å². The van der Waals surface area contributed by atoms with Gasteiger partial charge in [-0.15, -0.1) is 0 Å². The fraction of sp³-hybridized carbons (Fsp3) is 0.364. The van der Waals surface area contributed by atoms with E-state index in [-0.39, 0.29) is 0 Å². The highest BCUT2D eigenvalue weighted by molar-refractivity contribution is 5.04. The molecule has 5 nitrogen and oxygen atoms in total. The first kappa shape index (κ1) is 10.9. The summed E-state index contributed by atoms with van der Waals surface area (Å²) >= 11 is 0.